The van der Waals surface area contributed by atoms with Crippen LogP contribution >= 0.6 is 12.4 Å². The van der Waals surface area contributed by atoms with E-state index in [1.807, 2.05) is 6.92 Å². The first kappa shape index (κ1) is 13.5. The fourth-order valence-electron chi connectivity index (χ4n) is 1.47. The molecule has 1 atom stereocenters. The topological polar surface area (TPSA) is 55.1 Å². The second kappa shape index (κ2) is 6.85. The Balaban J connectivity index is 0.00000169. The Bertz CT molecular complexity index is 206. The molecule has 0 aromatic carbocycles. The molecule has 0 heterocycles. The highest BCUT2D eigenvalue weighted by atomic mass is 35.5. The van der Waals surface area contributed by atoms with Gasteiger partial charge < -0.3 is 11.1 Å². The first-order valence-corrected chi connectivity index (χ1v) is 4.91. The molecule has 1 saturated carbocycles. The van der Waals surface area contributed by atoms with Crippen LogP contribution in [0, 0.1) is 0 Å². The smallest absolute Gasteiger partial charge is 0.243 e. The van der Waals surface area contributed by atoms with Crippen LogP contribution in [0.15, 0.2) is 11.6 Å². The lowest BCUT2D eigenvalue weighted by Crippen LogP contribution is -2.34. The van der Waals surface area contributed by atoms with Gasteiger partial charge in [0.15, 0.2) is 0 Å². The lowest BCUT2D eigenvalue weighted by molar-refractivity contribution is -0.116. The van der Waals surface area contributed by atoms with E-state index in [9.17, 15) is 4.79 Å². The minimum Gasteiger partial charge on any atom is -0.351 e. The number of nitrogens with one attached hydrogen (secondary N) is 1. The normalized spacial score (nSPS) is 17.1. The number of halogens is 1. The van der Waals surface area contributed by atoms with Gasteiger partial charge in [0.1, 0.15) is 0 Å². The highest BCUT2D eigenvalue weighted by molar-refractivity contribution is 5.88. The summed E-state index contributed by atoms with van der Waals surface area (Å²) < 4.78 is 0. The molecule has 1 fully saturated rings. The van der Waals surface area contributed by atoms with E-state index >= 15 is 0 Å². The van der Waals surface area contributed by atoms with E-state index in [1.165, 1.54) is 18.4 Å². The summed E-state index contributed by atoms with van der Waals surface area (Å²) in [5.41, 5.74) is 6.79. The van der Waals surface area contributed by atoms with Crippen molar-refractivity contribution in [3.63, 3.8) is 0 Å². The highest BCUT2D eigenvalue weighted by Crippen LogP contribution is 2.23. The van der Waals surface area contributed by atoms with Gasteiger partial charge in [-0.3, -0.25) is 4.79 Å². The molecule has 82 valence electrons. The Morgan fingerprint density at radius 3 is 2.64 bits per heavy atom. The van der Waals surface area contributed by atoms with Crippen LogP contribution in [0.1, 0.15) is 32.6 Å². The Kier molecular flexibility index (Phi) is 6.58. The fourth-order valence-corrected chi connectivity index (χ4v) is 1.47. The van der Waals surface area contributed by atoms with Gasteiger partial charge in [-0.15, -0.1) is 12.4 Å². The van der Waals surface area contributed by atoms with Crippen molar-refractivity contribution in [1.29, 1.82) is 0 Å². The Morgan fingerprint density at radius 2 is 2.14 bits per heavy atom. The van der Waals surface area contributed by atoms with Gasteiger partial charge in [0.05, 0.1) is 0 Å². The minimum atomic E-state index is 0. The summed E-state index contributed by atoms with van der Waals surface area (Å²) in [6.07, 6.45) is 6.37. The molecule has 1 amide bonds. The molecule has 0 aromatic heterocycles. The predicted octanol–water partition coefficient (Wildman–Crippen LogP) is 1.37. The van der Waals surface area contributed by atoms with Gasteiger partial charge in [-0.2, -0.15) is 0 Å². The zero-order valence-corrected chi connectivity index (χ0v) is 9.40. The predicted molar refractivity (Wildman–Crippen MR) is 60.5 cm³/mol. The molecule has 1 aliphatic rings. The lowest BCUT2D eigenvalue weighted by atomic mass is 10.2. The summed E-state index contributed by atoms with van der Waals surface area (Å²) in [7, 11) is 0. The number of carbonyl (C=O) groups excluding carboxylic acids is 1. The molecule has 0 saturated heterocycles. The molecular formula is C10H19ClN2O. The van der Waals surface area contributed by atoms with Crippen molar-refractivity contribution in [2.75, 3.05) is 6.54 Å². The van der Waals surface area contributed by atoms with Crippen LogP contribution in [0.5, 0.6) is 0 Å². The van der Waals surface area contributed by atoms with Gasteiger partial charge in [-0.1, -0.05) is 5.57 Å². The van der Waals surface area contributed by atoms with Gasteiger partial charge in [0.25, 0.3) is 0 Å². The molecule has 1 rings (SSSR count). The molecule has 0 aromatic rings. The number of carbonyl (C=O) groups is 1. The Hall–Kier alpha value is -0.540. The maximum atomic E-state index is 11.3. The van der Waals surface area contributed by atoms with Crippen molar-refractivity contribution in [1.82, 2.24) is 5.32 Å². The van der Waals surface area contributed by atoms with Crippen molar-refractivity contribution in [3.8, 4) is 0 Å². The fraction of sp³-hybridized carbons (Fsp3) is 0.700. The highest BCUT2D eigenvalue weighted by Gasteiger charge is 2.08. The quantitative estimate of drug-likeness (QED) is 0.704. The number of rotatable bonds is 3. The van der Waals surface area contributed by atoms with Crippen molar-refractivity contribution in [2.24, 2.45) is 5.73 Å². The van der Waals surface area contributed by atoms with Crippen LogP contribution in [0.2, 0.25) is 0 Å². The maximum absolute atomic E-state index is 11.3. The number of nitrogens with two attached hydrogens (primary N) is 1. The molecule has 1 unspecified atom stereocenters. The van der Waals surface area contributed by atoms with Crippen LogP contribution in [0.4, 0.5) is 0 Å². The summed E-state index contributed by atoms with van der Waals surface area (Å²) >= 11 is 0. The third kappa shape index (κ3) is 5.25. The van der Waals surface area contributed by atoms with E-state index in [4.69, 9.17) is 5.73 Å². The average Bonchev–Trinajstić information content (AvgIpc) is 2.53. The summed E-state index contributed by atoms with van der Waals surface area (Å²) in [6.45, 7) is 2.44. The van der Waals surface area contributed by atoms with Crippen LogP contribution < -0.4 is 11.1 Å². The van der Waals surface area contributed by atoms with Gasteiger partial charge in [0, 0.05) is 18.7 Å². The number of hydrogen-bond donors (Lipinski definition) is 2. The average molecular weight is 219 g/mol. The third-order valence-electron chi connectivity index (χ3n) is 2.18. The van der Waals surface area contributed by atoms with E-state index in [0.29, 0.717) is 6.54 Å². The second-order valence-corrected chi connectivity index (χ2v) is 3.73. The van der Waals surface area contributed by atoms with Crippen LogP contribution in [-0.4, -0.2) is 18.5 Å². The largest absolute Gasteiger partial charge is 0.351 e. The van der Waals surface area contributed by atoms with Crippen molar-refractivity contribution in [3.05, 3.63) is 11.6 Å². The van der Waals surface area contributed by atoms with Crippen LogP contribution in [0.25, 0.3) is 0 Å². The molecule has 0 spiro atoms. The van der Waals surface area contributed by atoms with Gasteiger partial charge in [0.2, 0.25) is 5.91 Å². The molecule has 3 N–H and O–H groups in total. The second-order valence-electron chi connectivity index (χ2n) is 3.73. The molecule has 14 heavy (non-hydrogen) atoms. The van der Waals surface area contributed by atoms with Crippen LogP contribution in [-0.2, 0) is 4.79 Å². The Morgan fingerprint density at radius 1 is 1.57 bits per heavy atom. The minimum absolute atomic E-state index is 0. The monoisotopic (exact) mass is 218 g/mol. The van der Waals surface area contributed by atoms with Crippen LogP contribution in [0.3, 0.4) is 0 Å². The summed E-state index contributed by atoms with van der Waals surface area (Å²) in [5, 5.41) is 2.77. The lowest BCUT2D eigenvalue weighted by Gasteiger charge is -2.05. The molecule has 4 heteroatoms. The van der Waals surface area contributed by atoms with Gasteiger partial charge >= 0.3 is 0 Å². The van der Waals surface area contributed by atoms with Crippen molar-refractivity contribution >= 4 is 18.3 Å². The van der Waals surface area contributed by atoms with Gasteiger partial charge in [-0.25, -0.2) is 0 Å². The van der Waals surface area contributed by atoms with Crippen molar-refractivity contribution < 1.29 is 4.79 Å². The number of hydrogen-bond acceptors (Lipinski definition) is 2. The molecule has 3 nitrogen and oxygen atoms in total. The number of amides is 1. The molecular weight excluding hydrogens is 200 g/mol. The SMILES string of the molecule is CC(N)CNC(=O)C=C1CCCC1.Cl. The summed E-state index contributed by atoms with van der Waals surface area (Å²) in [5.74, 6) is 0.00852. The van der Waals surface area contributed by atoms with E-state index in [0.717, 1.165) is 12.8 Å². The number of allylic oxidation sites excluding steroid dienone is 1. The third-order valence-corrected chi connectivity index (χ3v) is 2.18. The molecule has 1 aliphatic carbocycles. The van der Waals surface area contributed by atoms with Crippen molar-refractivity contribution in [2.45, 2.75) is 38.6 Å². The Labute approximate surface area is 91.5 Å². The summed E-state index contributed by atoms with van der Waals surface area (Å²) in [4.78, 5) is 11.3. The maximum Gasteiger partial charge on any atom is 0.243 e. The first-order chi connectivity index (χ1) is 6.18. The van der Waals surface area contributed by atoms with Gasteiger partial charge in [-0.05, 0) is 32.6 Å². The van der Waals surface area contributed by atoms with E-state index < -0.39 is 0 Å². The zero-order valence-electron chi connectivity index (χ0n) is 8.58. The molecule has 0 bridgehead atoms. The standard InChI is InChI=1S/C10H18N2O.ClH/c1-8(11)7-12-10(13)6-9-4-2-3-5-9;/h6,8H,2-5,7,11H2,1H3,(H,12,13);1H. The summed E-state index contributed by atoms with van der Waals surface area (Å²) in [6, 6.07) is 0.0333. The van der Waals surface area contributed by atoms with E-state index in [1.54, 1.807) is 6.08 Å². The zero-order chi connectivity index (χ0) is 9.68. The van der Waals surface area contributed by atoms with E-state index in [2.05, 4.69) is 5.32 Å². The van der Waals surface area contributed by atoms with E-state index in [-0.39, 0.29) is 24.4 Å². The molecule has 0 aliphatic heterocycles. The molecule has 0 radical (unpaired) electrons. The first-order valence-electron chi connectivity index (χ1n) is 4.91.